The van der Waals surface area contributed by atoms with Crippen molar-refractivity contribution < 1.29 is 4.79 Å². The number of rotatable bonds is 7. The summed E-state index contributed by atoms with van der Waals surface area (Å²) in [6.45, 7) is 0.628. The molecule has 2 nitrogen and oxygen atoms in total. The fraction of sp³-hybridized carbons (Fsp3) is 0.188. The van der Waals surface area contributed by atoms with Crippen LogP contribution in [0, 0.1) is 0 Å². The molecule has 0 aliphatic heterocycles. The average molecular weight is 451 g/mol. The molecule has 1 amide bonds. The summed E-state index contributed by atoms with van der Waals surface area (Å²) < 4.78 is 1.06. The number of halogens is 3. The van der Waals surface area contributed by atoms with Gasteiger partial charge in [-0.1, -0.05) is 45.2 Å². The Morgan fingerprint density at radius 2 is 1.83 bits per heavy atom. The Balaban J connectivity index is 1.67. The molecule has 122 valence electrons. The standard InChI is InChI=1S/C16H14BrCl2NOS2/c17-11-4-6-12(7-5-11)22-9-8-20-15(21)10-23-14-3-1-2-13(18)16(14)19/h1-7H,8-10H2,(H,20,21). The van der Waals surface area contributed by atoms with Crippen LogP contribution in [0.3, 0.4) is 0 Å². The van der Waals surface area contributed by atoms with Gasteiger partial charge in [-0.3, -0.25) is 4.79 Å². The molecule has 0 unspecified atom stereocenters. The van der Waals surface area contributed by atoms with Crippen LogP contribution in [0.5, 0.6) is 0 Å². The molecule has 1 N–H and O–H groups in total. The number of thioether (sulfide) groups is 2. The summed E-state index contributed by atoms with van der Waals surface area (Å²) in [5, 5.41) is 3.90. The maximum Gasteiger partial charge on any atom is 0.230 e. The van der Waals surface area contributed by atoms with Crippen molar-refractivity contribution in [3.63, 3.8) is 0 Å². The van der Waals surface area contributed by atoms with E-state index >= 15 is 0 Å². The number of amides is 1. The maximum absolute atomic E-state index is 11.8. The maximum atomic E-state index is 11.8. The summed E-state index contributed by atoms with van der Waals surface area (Å²) in [6, 6.07) is 13.5. The number of hydrogen-bond acceptors (Lipinski definition) is 3. The molecule has 2 aromatic carbocycles. The average Bonchev–Trinajstić information content (AvgIpc) is 2.54. The molecule has 2 aromatic rings. The summed E-state index contributed by atoms with van der Waals surface area (Å²) in [7, 11) is 0. The van der Waals surface area contributed by atoms with E-state index in [1.165, 1.54) is 16.7 Å². The molecule has 0 aromatic heterocycles. The van der Waals surface area contributed by atoms with Gasteiger partial charge in [-0.25, -0.2) is 0 Å². The monoisotopic (exact) mass is 449 g/mol. The van der Waals surface area contributed by atoms with Gasteiger partial charge in [0.15, 0.2) is 0 Å². The van der Waals surface area contributed by atoms with Gasteiger partial charge in [0, 0.05) is 26.6 Å². The molecule has 0 atom stereocenters. The minimum atomic E-state index is -0.0116. The fourth-order valence-corrected chi connectivity index (χ4v) is 4.03. The van der Waals surface area contributed by atoms with Gasteiger partial charge in [-0.05, 0) is 36.4 Å². The Bertz CT molecular complexity index is 668. The topological polar surface area (TPSA) is 29.1 Å². The summed E-state index contributed by atoms with van der Waals surface area (Å²) in [5.41, 5.74) is 0. The second-order valence-electron chi connectivity index (χ2n) is 4.49. The molecule has 7 heteroatoms. The van der Waals surface area contributed by atoms with Crippen molar-refractivity contribution in [2.75, 3.05) is 18.1 Å². The predicted octanol–water partition coefficient (Wildman–Crippen LogP) is 5.76. The van der Waals surface area contributed by atoms with E-state index in [9.17, 15) is 4.79 Å². The van der Waals surface area contributed by atoms with E-state index in [0.29, 0.717) is 22.3 Å². The Kier molecular flexibility index (Phi) is 8.13. The lowest BCUT2D eigenvalue weighted by Gasteiger charge is -2.07. The third kappa shape index (κ3) is 6.59. The van der Waals surface area contributed by atoms with Crippen LogP contribution >= 0.6 is 62.7 Å². The minimum Gasteiger partial charge on any atom is -0.355 e. The van der Waals surface area contributed by atoms with Crippen LogP contribution in [0.4, 0.5) is 0 Å². The molecule has 23 heavy (non-hydrogen) atoms. The Morgan fingerprint density at radius 3 is 2.57 bits per heavy atom. The second-order valence-corrected chi connectivity index (χ2v) is 8.38. The lowest BCUT2D eigenvalue weighted by molar-refractivity contribution is -0.118. The van der Waals surface area contributed by atoms with E-state index in [-0.39, 0.29) is 5.91 Å². The van der Waals surface area contributed by atoms with Gasteiger partial charge in [-0.2, -0.15) is 0 Å². The number of carbonyl (C=O) groups is 1. The lowest BCUT2D eigenvalue weighted by Crippen LogP contribution is -2.27. The van der Waals surface area contributed by atoms with Crippen molar-refractivity contribution in [1.29, 1.82) is 0 Å². The largest absolute Gasteiger partial charge is 0.355 e. The smallest absolute Gasteiger partial charge is 0.230 e. The first kappa shape index (κ1) is 19.0. The van der Waals surface area contributed by atoms with Crippen LogP contribution in [0.25, 0.3) is 0 Å². The van der Waals surface area contributed by atoms with Crippen molar-refractivity contribution in [2.24, 2.45) is 0 Å². The number of hydrogen-bond donors (Lipinski definition) is 1. The molecular formula is C16H14BrCl2NOS2. The normalized spacial score (nSPS) is 10.6. The van der Waals surface area contributed by atoms with Gasteiger partial charge in [0.2, 0.25) is 5.91 Å². The first-order chi connectivity index (χ1) is 11.1. The highest BCUT2D eigenvalue weighted by atomic mass is 79.9. The molecule has 0 saturated carbocycles. The van der Waals surface area contributed by atoms with Crippen molar-refractivity contribution in [3.05, 3.63) is 57.0 Å². The van der Waals surface area contributed by atoms with Crippen molar-refractivity contribution in [3.8, 4) is 0 Å². The van der Waals surface area contributed by atoms with E-state index < -0.39 is 0 Å². The van der Waals surface area contributed by atoms with E-state index in [1.807, 2.05) is 36.4 Å². The third-order valence-corrected chi connectivity index (χ3v) is 6.31. The first-order valence-corrected chi connectivity index (χ1v) is 10.3. The molecule has 0 saturated heterocycles. The number of benzene rings is 2. The third-order valence-electron chi connectivity index (χ3n) is 2.78. The van der Waals surface area contributed by atoms with Crippen LogP contribution in [0.2, 0.25) is 10.0 Å². The van der Waals surface area contributed by atoms with Crippen LogP contribution in [0.15, 0.2) is 56.7 Å². The molecule has 2 rings (SSSR count). The SMILES string of the molecule is O=C(CSc1cccc(Cl)c1Cl)NCCSc1ccc(Br)cc1. The van der Waals surface area contributed by atoms with Gasteiger partial charge >= 0.3 is 0 Å². The molecular weight excluding hydrogens is 437 g/mol. The van der Waals surface area contributed by atoms with Crippen molar-refractivity contribution in [1.82, 2.24) is 5.32 Å². The van der Waals surface area contributed by atoms with Crippen molar-refractivity contribution in [2.45, 2.75) is 9.79 Å². The Morgan fingerprint density at radius 1 is 1.09 bits per heavy atom. The first-order valence-electron chi connectivity index (χ1n) is 6.78. The van der Waals surface area contributed by atoms with Gasteiger partial charge < -0.3 is 5.32 Å². The van der Waals surface area contributed by atoms with Crippen LogP contribution in [-0.2, 0) is 4.79 Å². The highest BCUT2D eigenvalue weighted by Gasteiger charge is 2.07. The highest BCUT2D eigenvalue weighted by molar-refractivity contribution is 9.10. The van der Waals surface area contributed by atoms with Crippen LogP contribution in [-0.4, -0.2) is 24.0 Å². The number of carbonyl (C=O) groups excluding carboxylic acids is 1. The summed E-state index contributed by atoms with van der Waals surface area (Å²) in [6.07, 6.45) is 0. The fourth-order valence-electron chi connectivity index (χ4n) is 1.68. The Labute approximate surface area is 162 Å². The van der Waals surface area contributed by atoms with Gasteiger partial charge in [0.1, 0.15) is 0 Å². The number of nitrogens with one attached hydrogen (secondary N) is 1. The summed E-state index contributed by atoms with van der Waals surface area (Å²) in [5.74, 6) is 1.14. The zero-order chi connectivity index (χ0) is 16.7. The quantitative estimate of drug-likeness (QED) is 0.429. The van der Waals surface area contributed by atoms with Crippen molar-refractivity contribution >= 4 is 68.6 Å². The zero-order valence-electron chi connectivity index (χ0n) is 12.0. The van der Waals surface area contributed by atoms with E-state index in [0.717, 1.165) is 15.1 Å². The summed E-state index contributed by atoms with van der Waals surface area (Å²) >= 11 is 18.5. The van der Waals surface area contributed by atoms with Gasteiger partial charge in [0.05, 0.1) is 15.8 Å². The molecule has 0 bridgehead atoms. The highest BCUT2D eigenvalue weighted by Crippen LogP contribution is 2.32. The lowest BCUT2D eigenvalue weighted by atomic mass is 10.4. The van der Waals surface area contributed by atoms with Crippen LogP contribution < -0.4 is 5.32 Å². The molecule has 0 heterocycles. The van der Waals surface area contributed by atoms with E-state index in [2.05, 4.69) is 21.2 Å². The predicted molar refractivity (Wildman–Crippen MR) is 105 cm³/mol. The van der Waals surface area contributed by atoms with Crippen LogP contribution in [0.1, 0.15) is 0 Å². The zero-order valence-corrected chi connectivity index (χ0v) is 16.8. The summed E-state index contributed by atoms with van der Waals surface area (Å²) in [4.78, 5) is 13.8. The van der Waals surface area contributed by atoms with E-state index in [1.54, 1.807) is 17.8 Å². The Hall–Kier alpha value is -0.330. The van der Waals surface area contributed by atoms with Gasteiger partial charge in [0.25, 0.3) is 0 Å². The molecule has 0 fully saturated rings. The molecule has 0 spiro atoms. The van der Waals surface area contributed by atoms with Gasteiger partial charge in [-0.15, -0.1) is 23.5 Å². The minimum absolute atomic E-state index is 0.0116. The second kappa shape index (κ2) is 9.84. The molecule has 0 radical (unpaired) electrons. The molecule has 0 aliphatic carbocycles. The van der Waals surface area contributed by atoms with E-state index in [4.69, 9.17) is 23.2 Å². The molecule has 0 aliphatic rings.